The molecule has 9 heteroatoms. The van der Waals surface area contributed by atoms with Gasteiger partial charge in [-0.3, -0.25) is 4.79 Å². The molecular formula is C17H17BrCl2N2O3S. The Morgan fingerprint density at radius 3 is 2.35 bits per heavy atom. The van der Waals surface area contributed by atoms with Crippen LogP contribution in [-0.4, -0.2) is 25.3 Å². The maximum Gasteiger partial charge on any atom is 0.255 e. The predicted octanol–water partition coefficient (Wildman–Crippen LogP) is 4.45. The second-order valence-electron chi connectivity index (χ2n) is 5.96. The van der Waals surface area contributed by atoms with Crippen molar-refractivity contribution >= 4 is 55.1 Å². The van der Waals surface area contributed by atoms with Gasteiger partial charge in [0, 0.05) is 17.1 Å². The van der Waals surface area contributed by atoms with Crippen molar-refractivity contribution < 1.29 is 13.2 Å². The molecule has 0 aromatic heterocycles. The minimum Gasteiger partial charge on any atom is -0.332 e. The Hall–Kier alpha value is -1.12. The van der Waals surface area contributed by atoms with Crippen LogP contribution < -0.4 is 5.14 Å². The fourth-order valence-electron chi connectivity index (χ4n) is 2.32. The number of carbonyl (C=O) groups is 1. The summed E-state index contributed by atoms with van der Waals surface area (Å²) < 4.78 is 23.7. The molecule has 0 saturated heterocycles. The summed E-state index contributed by atoms with van der Waals surface area (Å²) in [5.41, 5.74) is 1.02. The number of carbonyl (C=O) groups excluding carboxylic acids is 1. The molecule has 5 nitrogen and oxygen atoms in total. The lowest BCUT2D eigenvalue weighted by molar-refractivity contribution is 0.0689. The highest BCUT2D eigenvalue weighted by molar-refractivity contribution is 9.10. The van der Waals surface area contributed by atoms with Crippen LogP contribution >= 0.6 is 39.1 Å². The lowest BCUT2D eigenvalue weighted by Crippen LogP contribution is -2.36. The van der Waals surface area contributed by atoms with Crippen molar-refractivity contribution in [2.24, 2.45) is 5.14 Å². The number of amides is 1. The van der Waals surface area contributed by atoms with E-state index in [1.165, 1.54) is 18.2 Å². The van der Waals surface area contributed by atoms with Gasteiger partial charge < -0.3 is 4.90 Å². The van der Waals surface area contributed by atoms with Crippen LogP contribution in [0.1, 0.15) is 29.8 Å². The van der Waals surface area contributed by atoms with Gasteiger partial charge in [0.2, 0.25) is 10.0 Å². The van der Waals surface area contributed by atoms with Crippen LogP contribution in [0.2, 0.25) is 10.0 Å². The quantitative estimate of drug-likeness (QED) is 0.687. The summed E-state index contributed by atoms with van der Waals surface area (Å²) in [6, 6.07) is 9.11. The van der Waals surface area contributed by atoms with E-state index in [-0.39, 0.29) is 22.4 Å². The Morgan fingerprint density at radius 1 is 1.15 bits per heavy atom. The molecule has 0 saturated carbocycles. The van der Waals surface area contributed by atoms with Crippen molar-refractivity contribution in [3.05, 3.63) is 62.0 Å². The van der Waals surface area contributed by atoms with E-state index in [9.17, 15) is 13.2 Å². The Kier molecular flexibility index (Phi) is 6.74. The van der Waals surface area contributed by atoms with Gasteiger partial charge in [0.05, 0.1) is 20.5 Å². The molecule has 0 spiro atoms. The van der Waals surface area contributed by atoms with Gasteiger partial charge in [-0.2, -0.15) is 0 Å². The first-order chi connectivity index (χ1) is 12.0. The minimum absolute atomic E-state index is 0.123. The molecule has 2 N–H and O–H groups in total. The summed E-state index contributed by atoms with van der Waals surface area (Å²) in [6.07, 6.45) is 0. The number of halogens is 3. The van der Waals surface area contributed by atoms with Crippen molar-refractivity contribution in [2.45, 2.75) is 31.3 Å². The van der Waals surface area contributed by atoms with E-state index in [1.807, 2.05) is 13.8 Å². The maximum atomic E-state index is 13.0. The molecule has 0 aliphatic rings. The molecular weight excluding hydrogens is 463 g/mol. The van der Waals surface area contributed by atoms with Gasteiger partial charge in [-0.25, -0.2) is 13.6 Å². The zero-order valence-corrected chi connectivity index (χ0v) is 18.0. The van der Waals surface area contributed by atoms with Crippen molar-refractivity contribution in [3.8, 4) is 0 Å². The van der Waals surface area contributed by atoms with E-state index < -0.39 is 10.0 Å². The number of benzene rings is 2. The molecule has 0 bridgehead atoms. The number of hydrogen-bond donors (Lipinski definition) is 1. The molecule has 140 valence electrons. The summed E-state index contributed by atoms with van der Waals surface area (Å²) in [5, 5.41) is 6.00. The molecule has 2 aromatic rings. The zero-order chi connectivity index (χ0) is 19.6. The van der Waals surface area contributed by atoms with Crippen LogP contribution in [0.25, 0.3) is 0 Å². The second kappa shape index (κ2) is 8.27. The first kappa shape index (κ1) is 21.2. The Balaban J connectivity index is 2.41. The average Bonchev–Trinajstić information content (AvgIpc) is 2.54. The number of sulfonamides is 1. The molecule has 0 aliphatic heterocycles. The standard InChI is InChI=1S/C17H17BrCl2N2O3S/c1-10(2)22(9-11-3-6-15(19)16(20)7-11)17(23)13-8-12(26(21,24)25)4-5-14(13)18/h3-8,10H,9H2,1-2H3,(H2,21,24,25). The third-order valence-corrected chi connectivity index (χ3v) is 6.06. The first-order valence-electron chi connectivity index (χ1n) is 7.58. The van der Waals surface area contributed by atoms with Gasteiger partial charge in [-0.15, -0.1) is 0 Å². The average molecular weight is 480 g/mol. The van der Waals surface area contributed by atoms with Crippen LogP contribution in [-0.2, 0) is 16.6 Å². The second-order valence-corrected chi connectivity index (χ2v) is 9.19. The summed E-state index contributed by atoms with van der Waals surface area (Å²) in [4.78, 5) is 14.5. The Bertz CT molecular complexity index is 949. The molecule has 0 aliphatic carbocycles. The first-order valence-corrected chi connectivity index (χ1v) is 10.7. The highest BCUT2D eigenvalue weighted by Crippen LogP contribution is 2.26. The van der Waals surface area contributed by atoms with Crippen molar-refractivity contribution in [1.82, 2.24) is 4.90 Å². The lowest BCUT2D eigenvalue weighted by Gasteiger charge is -2.27. The summed E-state index contributed by atoms with van der Waals surface area (Å²) >= 11 is 15.3. The van der Waals surface area contributed by atoms with Gasteiger partial charge in [0.15, 0.2) is 0 Å². The van der Waals surface area contributed by atoms with E-state index in [2.05, 4.69) is 15.9 Å². The van der Waals surface area contributed by atoms with Crippen LogP contribution in [0.4, 0.5) is 0 Å². The van der Waals surface area contributed by atoms with Crippen LogP contribution in [0.3, 0.4) is 0 Å². The Labute approximate surface area is 171 Å². The van der Waals surface area contributed by atoms with E-state index >= 15 is 0 Å². The molecule has 1 amide bonds. The van der Waals surface area contributed by atoms with Crippen LogP contribution in [0, 0.1) is 0 Å². The van der Waals surface area contributed by atoms with Crippen molar-refractivity contribution in [3.63, 3.8) is 0 Å². The number of nitrogens with zero attached hydrogens (tertiary/aromatic N) is 1. The van der Waals surface area contributed by atoms with Crippen LogP contribution in [0.5, 0.6) is 0 Å². The van der Waals surface area contributed by atoms with Gasteiger partial charge in [-0.05, 0) is 65.7 Å². The van der Waals surface area contributed by atoms with E-state index in [0.717, 1.165) is 5.56 Å². The SMILES string of the molecule is CC(C)N(Cc1ccc(Cl)c(Cl)c1)C(=O)c1cc(S(N)(=O)=O)ccc1Br. The molecule has 0 fully saturated rings. The van der Waals surface area contributed by atoms with Gasteiger partial charge in [0.25, 0.3) is 5.91 Å². The van der Waals surface area contributed by atoms with Gasteiger partial charge >= 0.3 is 0 Å². The fraction of sp³-hybridized carbons (Fsp3) is 0.235. The smallest absolute Gasteiger partial charge is 0.255 e. The minimum atomic E-state index is -3.91. The van der Waals surface area contributed by atoms with E-state index in [1.54, 1.807) is 23.1 Å². The highest BCUT2D eigenvalue weighted by Gasteiger charge is 2.23. The van der Waals surface area contributed by atoms with Gasteiger partial charge in [0.1, 0.15) is 0 Å². The summed E-state index contributed by atoms with van der Waals surface area (Å²) in [6.45, 7) is 4.03. The van der Waals surface area contributed by atoms with Gasteiger partial charge in [-0.1, -0.05) is 29.3 Å². The summed E-state index contributed by atoms with van der Waals surface area (Å²) in [5.74, 6) is -0.330. The van der Waals surface area contributed by atoms with E-state index in [4.69, 9.17) is 28.3 Å². The lowest BCUT2D eigenvalue weighted by atomic mass is 10.1. The normalized spacial score (nSPS) is 11.7. The number of nitrogens with two attached hydrogens (primary N) is 1. The highest BCUT2D eigenvalue weighted by atomic mass is 79.9. The largest absolute Gasteiger partial charge is 0.332 e. The topological polar surface area (TPSA) is 80.5 Å². The van der Waals surface area contributed by atoms with Crippen molar-refractivity contribution in [2.75, 3.05) is 0 Å². The molecule has 2 rings (SSSR count). The maximum absolute atomic E-state index is 13.0. The predicted molar refractivity (Wildman–Crippen MR) is 107 cm³/mol. The van der Waals surface area contributed by atoms with Crippen LogP contribution in [0.15, 0.2) is 45.8 Å². The van der Waals surface area contributed by atoms with E-state index in [0.29, 0.717) is 21.1 Å². The number of primary sulfonamides is 1. The zero-order valence-electron chi connectivity index (χ0n) is 14.0. The summed E-state index contributed by atoms with van der Waals surface area (Å²) in [7, 11) is -3.91. The molecule has 0 atom stereocenters. The molecule has 0 radical (unpaired) electrons. The Morgan fingerprint density at radius 2 is 1.81 bits per heavy atom. The monoisotopic (exact) mass is 478 g/mol. The third kappa shape index (κ3) is 4.98. The number of rotatable bonds is 5. The third-order valence-electron chi connectivity index (χ3n) is 3.72. The fourth-order valence-corrected chi connectivity index (χ4v) is 3.60. The molecule has 2 aromatic carbocycles. The molecule has 26 heavy (non-hydrogen) atoms. The molecule has 0 unspecified atom stereocenters. The van der Waals surface area contributed by atoms with Crippen molar-refractivity contribution in [1.29, 1.82) is 0 Å². The molecule has 0 heterocycles. The number of hydrogen-bond acceptors (Lipinski definition) is 3.